The maximum Gasteiger partial charge on any atom is 0.276 e. The molecule has 1 N–H and O–H groups in total. The Morgan fingerprint density at radius 1 is 1.13 bits per heavy atom. The number of aryl methyl sites for hydroxylation is 2. The highest BCUT2D eigenvalue weighted by Crippen LogP contribution is 2.25. The van der Waals surface area contributed by atoms with Crippen molar-refractivity contribution in [3.8, 4) is 5.69 Å². The number of thioether (sulfide) groups is 1. The zero-order chi connectivity index (χ0) is 22.1. The Bertz CT molecular complexity index is 1360. The van der Waals surface area contributed by atoms with Crippen LogP contribution in [0.5, 0.6) is 0 Å². The van der Waals surface area contributed by atoms with E-state index in [4.69, 9.17) is 0 Å². The van der Waals surface area contributed by atoms with Crippen molar-refractivity contribution in [3.63, 3.8) is 0 Å². The zero-order valence-corrected chi connectivity index (χ0v) is 18.2. The molecule has 0 fully saturated rings. The summed E-state index contributed by atoms with van der Waals surface area (Å²) >= 11 is 2.36. The minimum Gasteiger partial charge on any atom is -0.323 e. The Morgan fingerprint density at radius 3 is 2.71 bits per heavy atom. The second-order valence-electron chi connectivity index (χ2n) is 6.90. The van der Waals surface area contributed by atoms with Crippen LogP contribution in [0.15, 0.2) is 57.8 Å². The topological polar surface area (TPSA) is 64.0 Å². The number of hydrogen-bond donors (Lipinski definition) is 1. The first kappa shape index (κ1) is 21.2. The Balaban J connectivity index is 1.66. The van der Waals surface area contributed by atoms with Crippen LogP contribution in [0, 0.1) is 25.5 Å². The van der Waals surface area contributed by atoms with Gasteiger partial charge in [0.15, 0.2) is 5.16 Å². The molecule has 0 radical (unpaired) electrons. The third-order valence-electron chi connectivity index (χ3n) is 4.73. The summed E-state index contributed by atoms with van der Waals surface area (Å²) in [7, 11) is 0. The molecule has 4 aromatic rings. The van der Waals surface area contributed by atoms with Crippen molar-refractivity contribution in [2.75, 3.05) is 11.1 Å². The number of benzene rings is 2. The number of rotatable bonds is 5. The summed E-state index contributed by atoms with van der Waals surface area (Å²) in [6.45, 7) is 3.93. The molecule has 0 atom stereocenters. The normalized spacial score (nSPS) is 11.1. The van der Waals surface area contributed by atoms with E-state index in [0.717, 1.165) is 41.1 Å². The Kier molecular flexibility index (Phi) is 5.88. The molecule has 0 aliphatic heterocycles. The number of hydrogen-bond acceptors (Lipinski definition) is 5. The minimum atomic E-state index is -0.732. The lowest BCUT2D eigenvalue weighted by atomic mass is 10.1. The van der Waals surface area contributed by atoms with Crippen molar-refractivity contribution < 1.29 is 13.6 Å². The van der Waals surface area contributed by atoms with Crippen LogP contribution in [0.3, 0.4) is 0 Å². The fourth-order valence-electron chi connectivity index (χ4n) is 2.99. The monoisotopic (exact) mass is 457 g/mol. The van der Waals surface area contributed by atoms with Crippen LogP contribution >= 0.6 is 23.1 Å². The molecule has 9 heteroatoms. The van der Waals surface area contributed by atoms with Crippen LogP contribution in [-0.2, 0) is 4.79 Å². The van der Waals surface area contributed by atoms with Crippen LogP contribution in [0.1, 0.15) is 11.1 Å². The van der Waals surface area contributed by atoms with E-state index in [1.807, 2.05) is 32.0 Å². The largest absolute Gasteiger partial charge is 0.323 e. The van der Waals surface area contributed by atoms with E-state index in [-0.39, 0.29) is 17.0 Å². The maximum atomic E-state index is 13.8. The third kappa shape index (κ3) is 4.38. The number of nitrogens with zero attached hydrogens (tertiary/aromatic N) is 2. The maximum absolute atomic E-state index is 13.8. The second-order valence-corrected chi connectivity index (χ2v) is 8.76. The Morgan fingerprint density at radius 2 is 1.94 bits per heavy atom. The van der Waals surface area contributed by atoms with Crippen LogP contribution in [0.25, 0.3) is 15.9 Å². The quantitative estimate of drug-likeness (QED) is 0.336. The van der Waals surface area contributed by atoms with Gasteiger partial charge in [-0.25, -0.2) is 13.8 Å². The highest BCUT2D eigenvalue weighted by molar-refractivity contribution is 7.99. The number of anilines is 1. The van der Waals surface area contributed by atoms with E-state index in [2.05, 4.69) is 10.3 Å². The van der Waals surface area contributed by atoms with Crippen LogP contribution in [-0.4, -0.2) is 21.2 Å². The predicted molar refractivity (Wildman–Crippen MR) is 120 cm³/mol. The SMILES string of the molecule is Cc1ccc(-n2c(SCC(=O)Nc3cc(F)ccc3F)nc3ccsc3c2=O)cc1C. The fourth-order valence-corrected chi connectivity index (χ4v) is 4.56. The summed E-state index contributed by atoms with van der Waals surface area (Å²) in [5.74, 6) is -2.06. The van der Waals surface area contributed by atoms with Crippen molar-refractivity contribution in [1.82, 2.24) is 9.55 Å². The van der Waals surface area contributed by atoms with E-state index in [9.17, 15) is 18.4 Å². The summed E-state index contributed by atoms with van der Waals surface area (Å²) in [4.78, 5) is 30.1. The third-order valence-corrected chi connectivity index (χ3v) is 6.56. The predicted octanol–water partition coefficient (Wildman–Crippen LogP) is 5.07. The van der Waals surface area contributed by atoms with Gasteiger partial charge < -0.3 is 5.32 Å². The average molecular weight is 458 g/mol. The molecule has 5 nitrogen and oxygen atoms in total. The molecule has 0 unspecified atom stereocenters. The van der Waals surface area contributed by atoms with E-state index in [0.29, 0.717) is 21.1 Å². The van der Waals surface area contributed by atoms with Crippen molar-refractivity contribution in [3.05, 3.63) is 81.0 Å². The lowest BCUT2D eigenvalue weighted by Gasteiger charge is -2.13. The van der Waals surface area contributed by atoms with Crippen LogP contribution in [0.2, 0.25) is 0 Å². The molecule has 0 spiro atoms. The molecule has 158 valence electrons. The first-order chi connectivity index (χ1) is 14.8. The van der Waals surface area contributed by atoms with Gasteiger partial charge in [-0.2, -0.15) is 0 Å². The van der Waals surface area contributed by atoms with Gasteiger partial charge in [-0.3, -0.25) is 14.2 Å². The number of amides is 1. The smallest absolute Gasteiger partial charge is 0.276 e. The molecule has 0 bridgehead atoms. The van der Waals surface area contributed by atoms with Crippen LogP contribution in [0.4, 0.5) is 14.5 Å². The first-order valence-corrected chi connectivity index (χ1v) is 11.2. The average Bonchev–Trinajstić information content (AvgIpc) is 3.20. The molecule has 0 aliphatic carbocycles. The Hall–Kier alpha value is -3.04. The number of fused-ring (bicyclic) bond motifs is 1. The highest BCUT2D eigenvalue weighted by Gasteiger charge is 2.17. The van der Waals surface area contributed by atoms with E-state index in [1.54, 1.807) is 11.4 Å². The summed E-state index contributed by atoms with van der Waals surface area (Å²) in [5.41, 5.74) is 2.85. The number of carbonyl (C=O) groups is 1. The molecular formula is C22H17F2N3O2S2. The van der Waals surface area contributed by atoms with Crippen molar-refractivity contribution >= 4 is 44.9 Å². The molecule has 31 heavy (non-hydrogen) atoms. The first-order valence-electron chi connectivity index (χ1n) is 9.29. The van der Waals surface area contributed by atoms with Crippen molar-refractivity contribution in [2.45, 2.75) is 19.0 Å². The van der Waals surface area contributed by atoms with Gasteiger partial charge in [0.25, 0.3) is 5.56 Å². The molecule has 0 aliphatic rings. The summed E-state index contributed by atoms with van der Waals surface area (Å²) in [6.07, 6.45) is 0. The van der Waals surface area contributed by atoms with Gasteiger partial charge in [0.2, 0.25) is 5.91 Å². The molecular weight excluding hydrogens is 440 g/mol. The lowest BCUT2D eigenvalue weighted by molar-refractivity contribution is -0.113. The number of halogens is 2. The molecule has 2 aromatic carbocycles. The van der Waals surface area contributed by atoms with Crippen LogP contribution < -0.4 is 10.9 Å². The molecule has 1 amide bonds. The molecule has 4 rings (SSSR count). The van der Waals surface area contributed by atoms with Crippen molar-refractivity contribution in [1.29, 1.82) is 0 Å². The van der Waals surface area contributed by atoms with Gasteiger partial charge in [-0.05, 0) is 60.7 Å². The number of thiophene rings is 1. The van der Waals surface area contributed by atoms with Gasteiger partial charge in [0.1, 0.15) is 16.3 Å². The summed E-state index contributed by atoms with van der Waals surface area (Å²) in [6, 6.07) is 10.2. The molecule has 2 heterocycles. The van der Waals surface area contributed by atoms with Gasteiger partial charge in [-0.15, -0.1) is 11.3 Å². The van der Waals surface area contributed by atoms with E-state index >= 15 is 0 Å². The van der Waals surface area contributed by atoms with Gasteiger partial charge in [0.05, 0.1) is 22.6 Å². The molecule has 0 saturated carbocycles. The van der Waals surface area contributed by atoms with Gasteiger partial charge in [0, 0.05) is 6.07 Å². The Labute approximate surface area is 184 Å². The highest BCUT2D eigenvalue weighted by atomic mass is 32.2. The lowest BCUT2D eigenvalue weighted by Crippen LogP contribution is -2.22. The summed E-state index contributed by atoms with van der Waals surface area (Å²) in [5, 5.41) is 4.49. The number of carbonyl (C=O) groups excluding carboxylic acids is 1. The minimum absolute atomic E-state index is 0.136. The summed E-state index contributed by atoms with van der Waals surface area (Å²) < 4.78 is 29.1. The fraction of sp³-hybridized carbons (Fsp3) is 0.136. The molecule has 2 aromatic heterocycles. The second kappa shape index (κ2) is 8.60. The number of aromatic nitrogens is 2. The van der Waals surface area contributed by atoms with E-state index in [1.165, 1.54) is 15.9 Å². The zero-order valence-electron chi connectivity index (χ0n) is 16.6. The number of nitrogens with one attached hydrogen (secondary N) is 1. The van der Waals surface area contributed by atoms with Gasteiger partial charge in [-0.1, -0.05) is 17.8 Å². The molecule has 0 saturated heterocycles. The van der Waals surface area contributed by atoms with E-state index < -0.39 is 17.5 Å². The van der Waals surface area contributed by atoms with Gasteiger partial charge >= 0.3 is 0 Å². The van der Waals surface area contributed by atoms with Crippen molar-refractivity contribution in [2.24, 2.45) is 0 Å². The standard InChI is InChI=1S/C22H17F2N3O2S2/c1-12-3-5-15(9-13(12)2)27-21(29)20-17(7-8-30-20)26-22(27)31-11-19(28)25-18-10-14(23)4-6-16(18)24/h3-10H,11H2,1-2H3,(H,25,28).